The number of methoxy groups -OCH3 is 1. The highest BCUT2D eigenvalue weighted by Crippen LogP contribution is 2.60. The summed E-state index contributed by atoms with van der Waals surface area (Å²) in [6, 6.07) is 15.2. The predicted octanol–water partition coefficient (Wildman–Crippen LogP) is 4.88. The lowest BCUT2D eigenvalue weighted by Gasteiger charge is -2.37. The zero-order chi connectivity index (χ0) is 36.5. The first-order chi connectivity index (χ1) is 24.7. The van der Waals surface area contributed by atoms with Crippen LogP contribution < -0.4 is 15.0 Å². The van der Waals surface area contributed by atoms with E-state index in [2.05, 4.69) is 34.4 Å². The molecule has 274 valence electrons. The number of fused-ring (bicyclic) bond motifs is 1. The van der Waals surface area contributed by atoms with Crippen LogP contribution in [0.25, 0.3) is 0 Å². The van der Waals surface area contributed by atoms with Crippen molar-refractivity contribution in [1.82, 2.24) is 10.2 Å². The number of alkyl halides is 1. The van der Waals surface area contributed by atoms with E-state index in [9.17, 15) is 24.3 Å². The maximum Gasteiger partial charge on any atom is 0.313 e. The number of benzene rings is 2. The molecule has 0 radical (unpaired) electrons. The van der Waals surface area contributed by atoms with Gasteiger partial charge >= 0.3 is 5.97 Å². The number of halogens is 1. The number of unbranched alkanes of at least 4 members (excludes halogenated alkanes) is 3. The van der Waals surface area contributed by atoms with E-state index in [1.807, 2.05) is 30.3 Å². The maximum atomic E-state index is 14.8. The van der Waals surface area contributed by atoms with Crippen molar-refractivity contribution >= 4 is 45.3 Å². The molecule has 5 rings (SSSR count). The van der Waals surface area contributed by atoms with Crippen LogP contribution >= 0.6 is 15.9 Å². The first-order valence-corrected chi connectivity index (χ1v) is 18.5. The number of carbonyl (C=O) groups excluding carboxylic acids is 4. The number of amides is 3. The third kappa shape index (κ3) is 8.08. The molecule has 3 heterocycles. The lowest BCUT2D eigenvalue weighted by molar-refractivity contribution is -0.160. The van der Waals surface area contributed by atoms with Gasteiger partial charge in [0.05, 0.1) is 31.6 Å². The van der Waals surface area contributed by atoms with Crippen LogP contribution in [0.3, 0.4) is 0 Å². The number of nitrogens with one attached hydrogen (secondary N) is 1. The molecule has 51 heavy (non-hydrogen) atoms. The number of hydrogen-bond donors (Lipinski definition) is 2. The number of hydrogen-bond acceptors (Lipinski definition) is 8. The molecule has 7 atom stereocenters. The van der Waals surface area contributed by atoms with Gasteiger partial charge in [-0.25, -0.2) is 0 Å². The van der Waals surface area contributed by atoms with Gasteiger partial charge in [0, 0.05) is 36.6 Å². The Balaban J connectivity index is 1.47. The zero-order valence-electron chi connectivity index (χ0n) is 29.1. The van der Waals surface area contributed by atoms with Crippen molar-refractivity contribution in [1.29, 1.82) is 0 Å². The Morgan fingerprint density at radius 3 is 2.49 bits per heavy atom. The normalized spacial score (nSPS) is 25.2. The Labute approximate surface area is 308 Å². The van der Waals surface area contributed by atoms with Crippen LogP contribution in [0.15, 0.2) is 79.9 Å². The lowest BCUT2D eigenvalue weighted by Crippen LogP contribution is -2.57. The second kappa shape index (κ2) is 17.5. The van der Waals surface area contributed by atoms with E-state index in [0.29, 0.717) is 42.7 Å². The first kappa shape index (κ1) is 38.2. The second-order valence-electron chi connectivity index (χ2n) is 13.2. The second-order valence-corrected chi connectivity index (χ2v) is 14.4. The predicted molar refractivity (Wildman–Crippen MR) is 196 cm³/mol. The van der Waals surface area contributed by atoms with Crippen molar-refractivity contribution < 1.29 is 38.5 Å². The number of esters is 1. The molecule has 0 saturated carbocycles. The summed E-state index contributed by atoms with van der Waals surface area (Å²) in [4.78, 5) is 59.2. The maximum absolute atomic E-state index is 14.8. The van der Waals surface area contributed by atoms with Gasteiger partial charge in [-0.1, -0.05) is 71.3 Å². The summed E-state index contributed by atoms with van der Waals surface area (Å²) < 4.78 is 18.2. The van der Waals surface area contributed by atoms with E-state index in [1.165, 1.54) is 0 Å². The van der Waals surface area contributed by atoms with Crippen LogP contribution in [0, 0.1) is 11.8 Å². The summed E-state index contributed by atoms with van der Waals surface area (Å²) in [5.41, 5.74) is 0.0176. The molecule has 3 fully saturated rings. The van der Waals surface area contributed by atoms with Crippen LogP contribution in [-0.2, 0) is 28.7 Å². The van der Waals surface area contributed by atoms with Gasteiger partial charge in [-0.3, -0.25) is 19.2 Å². The first-order valence-electron chi connectivity index (χ1n) is 17.6. The standard InChI is InChI=1S/C39H48BrN3O8/c1-4-6-16-31(45)41-25-30(26-14-10-9-11-15-26)50-38(48)32-33-36(46)43(22-12-7-8-13-23-44)35(39(33)24-29(40)34(32)51-39)37(47)42(21-5-2)27-17-19-28(49-3)20-18-27/h4-5,9-11,14-15,17-20,29-30,32-35,44H,1-2,6-8,12-13,16,21-25H2,3H3,(H,41,45)/t29?,30-,32-,33+,34-,35-,39+/m0/s1. The van der Waals surface area contributed by atoms with Crippen molar-refractivity contribution in [2.75, 3.05) is 38.3 Å². The summed E-state index contributed by atoms with van der Waals surface area (Å²) in [6.45, 7) is 8.16. The van der Waals surface area contributed by atoms with Gasteiger partial charge in [0.15, 0.2) is 0 Å². The van der Waals surface area contributed by atoms with Gasteiger partial charge in [0.1, 0.15) is 23.5 Å². The highest BCUT2D eigenvalue weighted by Gasteiger charge is 2.77. The minimum Gasteiger partial charge on any atom is -0.497 e. The summed E-state index contributed by atoms with van der Waals surface area (Å²) in [5, 5.41) is 12.1. The molecule has 3 aliphatic heterocycles. The fraction of sp³-hybridized carbons (Fsp3) is 0.487. The molecule has 11 nitrogen and oxygen atoms in total. The number of nitrogens with zero attached hydrogens (tertiary/aromatic N) is 2. The Hall–Kier alpha value is -4.00. The SMILES string of the molecule is C=CCCC(=O)NC[C@H](OC(=O)[C@@H]1[C@H]2O[C@@]3(CC2Br)[C@H](C(=O)N(CC=C)c2ccc(OC)cc2)N(CCCCCCO)C(=O)[C@@H]13)c1ccccc1. The molecule has 2 aromatic carbocycles. The molecule has 3 saturated heterocycles. The van der Waals surface area contributed by atoms with Crippen molar-refractivity contribution in [3.8, 4) is 5.75 Å². The lowest BCUT2D eigenvalue weighted by atomic mass is 9.70. The van der Waals surface area contributed by atoms with E-state index in [4.69, 9.17) is 14.2 Å². The molecular formula is C39H48BrN3O8. The fourth-order valence-electron chi connectivity index (χ4n) is 7.67. The molecule has 1 unspecified atom stereocenters. The van der Waals surface area contributed by atoms with E-state index >= 15 is 0 Å². The minimum atomic E-state index is -1.28. The Morgan fingerprint density at radius 1 is 1.10 bits per heavy atom. The largest absolute Gasteiger partial charge is 0.497 e. The number of likely N-dealkylation sites (tertiary alicyclic amines) is 1. The molecule has 2 aromatic rings. The summed E-state index contributed by atoms with van der Waals surface area (Å²) >= 11 is 3.74. The van der Waals surface area contributed by atoms with Crippen LogP contribution in [0.2, 0.25) is 0 Å². The molecule has 1 spiro atoms. The Morgan fingerprint density at radius 2 is 1.82 bits per heavy atom. The molecule has 2 N–H and O–H groups in total. The number of aliphatic hydroxyl groups excluding tert-OH is 1. The van der Waals surface area contributed by atoms with E-state index in [1.54, 1.807) is 53.3 Å². The fourth-order valence-corrected chi connectivity index (χ4v) is 8.61. The molecule has 3 aliphatic rings. The highest BCUT2D eigenvalue weighted by atomic mass is 79.9. The number of ether oxygens (including phenoxy) is 3. The Bertz CT molecular complexity index is 1560. The number of allylic oxidation sites excluding steroid dienone is 1. The quantitative estimate of drug-likeness (QED) is 0.0895. The zero-order valence-corrected chi connectivity index (χ0v) is 30.7. The highest BCUT2D eigenvalue weighted by molar-refractivity contribution is 9.09. The number of anilines is 1. The molecule has 2 bridgehead atoms. The van der Waals surface area contributed by atoms with Crippen molar-refractivity contribution in [3.63, 3.8) is 0 Å². The summed E-state index contributed by atoms with van der Waals surface area (Å²) in [6.07, 6.45) is 5.69. The average Bonchev–Trinajstić information content (AvgIpc) is 3.74. The average molecular weight is 767 g/mol. The molecular weight excluding hydrogens is 718 g/mol. The molecule has 0 aromatic heterocycles. The number of rotatable bonds is 19. The Kier molecular flexibility index (Phi) is 13.1. The van der Waals surface area contributed by atoms with Gasteiger partial charge in [-0.2, -0.15) is 0 Å². The topological polar surface area (TPSA) is 135 Å². The smallest absolute Gasteiger partial charge is 0.313 e. The third-order valence-corrected chi connectivity index (χ3v) is 10.9. The number of aliphatic hydroxyl groups is 1. The van der Waals surface area contributed by atoms with Crippen LogP contribution in [0.1, 0.15) is 56.6 Å². The molecule has 0 aliphatic carbocycles. The minimum absolute atomic E-state index is 0.0465. The van der Waals surface area contributed by atoms with Crippen LogP contribution in [0.4, 0.5) is 5.69 Å². The third-order valence-electron chi connectivity index (χ3n) is 10.1. The molecule has 12 heteroatoms. The van der Waals surface area contributed by atoms with E-state index in [0.717, 1.165) is 12.8 Å². The van der Waals surface area contributed by atoms with Gasteiger partial charge in [-0.15, -0.1) is 13.2 Å². The van der Waals surface area contributed by atoms with Gasteiger partial charge in [0.2, 0.25) is 11.8 Å². The van der Waals surface area contributed by atoms with Crippen LogP contribution in [-0.4, -0.2) is 89.6 Å². The van der Waals surface area contributed by atoms with Crippen molar-refractivity contribution in [2.45, 2.75) is 73.6 Å². The monoisotopic (exact) mass is 765 g/mol. The van der Waals surface area contributed by atoms with Gasteiger partial charge < -0.3 is 34.4 Å². The van der Waals surface area contributed by atoms with Crippen molar-refractivity contribution in [2.24, 2.45) is 11.8 Å². The van der Waals surface area contributed by atoms with E-state index in [-0.39, 0.29) is 55.2 Å². The van der Waals surface area contributed by atoms with E-state index < -0.39 is 41.7 Å². The summed E-state index contributed by atoms with van der Waals surface area (Å²) in [7, 11) is 1.57. The van der Waals surface area contributed by atoms with Gasteiger partial charge in [-0.05, 0) is 55.5 Å². The molecule has 3 amide bonds. The van der Waals surface area contributed by atoms with Crippen molar-refractivity contribution in [3.05, 3.63) is 85.5 Å². The van der Waals surface area contributed by atoms with Crippen LogP contribution in [0.5, 0.6) is 5.75 Å². The number of carbonyl (C=O) groups is 4. The van der Waals surface area contributed by atoms with Gasteiger partial charge in [0.25, 0.3) is 5.91 Å². The summed E-state index contributed by atoms with van der Waals surface area (Å²) in [5.74, 6) is -2.76.